The molecule has 0 saturated carbocycles. The van der Waals surface area contributed by atoms with Gasteiger partial charge in [-0.2, -0.15) is 11.8 Å². The van der Waals surface area contributed by atoms with E-state index in [1.54, 1.807) is 0 Å². The average Bonchev–Trinajstić information content (AvgIpc) is 2.03. The summed E-state index contributed by atoms with van der Waals surface area (Å²) in [5.41, 5.74) is 5.32. The maximum absolute atomic E-state index is 5.32. The number of thioether (sulfide) groups is 1. The molecule has 0 aromatic heterocycles. The van der Waals surface area contributed by atoms with Crippen LogP contribution in [0.15, 0.2) is 0 Å². The highest BCUT2D eigenvalue weighted by atomic mass is 35.5. The molecule has 0 aromatic carbocycles. The van der Waals surface area contributed by atoms with Gasteiger partial charge in [-0.05, 0) is 12.2 Å². The first-order valence-corrected chi connectivity index (χ1v) is 5.55. The summed E-state index contributed by atoms with van der Waals surface area (Å²) < 4.78 is 0. The van der Waals surface area contributed by atoms with E-state index in [1.807, 2.05) is 11.8 Å². The molecule has 0 unspecified atom stereocenters. The Morgan fingerprint density at radius 2 is 1.85 bits per heavy atom. The van der Waals surface area contributed by atoms with Crippen LogP contribution in [0.5, 0.6) is 0 Å². The molecular weight excluding hydrogens is 227 g/mol. The van der Waals surface area contributed by atoms with E-state index in [0.29, 0.717) is 0 Å². The van der Waals surface area contributed by atoms with Gasteiger partial charge in [-0.15, -0.1) is 24.8 Å². The first-order chi connectivity index (χ1) is 5.41. The molecule has 13 heavy (non-hydrogen) atoms. The zero-order chi connectivity index (χ0) is 8.36. The van der Waals surface area contributed by atoms with Crippen molar-refractivity contribution >= 4 is 36.6 Å². The van der Waals surface area contributed by atoms with Crippen molar-refractivity contribution in [2.45, 2.75) is 19.8 Å². The maximum Gasteiger partial charge on any atom is 0.00748 e. The second-order valence-corrected chi connectivity index (χ2v) is 3.73. The first-order valence-electron chi connectivity index (χ1n) is 4.40. The van der Waals surface area contributed by atoms with Crippen LogP contribution in [0.2, 0.25) is 0 Å². The lowest BCUT2D eigenvalue weighted by Crippen LogP contribution is -2.24. The van der Waals surface area contributed by atoms with Crippen LogP contribution in [0.3, 0.4) is 0 Å². The largest absolute Gasteiger partial charge is 0.329 e. The van der Waals surface area contributed by atoms with Gasteiger partial charge in [0.1, 0.15) is 0 Å². The van der Waals surface area contributed by atoms with Crippen molar-refractivity contribution in [1.82, 2.24) is 5.32 Å². The summed E-state index contributed by atoms with van der Waals surface area (Å²) in [6.07, 6.45) is 2.66. The van der Waals surface area contributed by atoms with Gasteiger partial charge in [0.25, 0.3) is 0 Å². The zero-order valence-electron chi connectivity index (χ0n) is 8.25. The second-order valence-electron chi connectivity index (χ2n) is 2.50. The summed E-state index contributed by atoms with van der Waals surface area (Å²) in [5.74, 6) is 2.53. The Morgan fingerprint density at radius 1 is 1.15 bits per heavy atom. The molecule has 0 aromatic rings. The molecule has 0 aliphatic rings. The molecule has 0 aliphatic carbocycles. The normalized spacial score (nSPS) is 8.77. The van der Waals surface area contributed by atoms with Crippen molar-refractivity contribution in [2.24, 2.45) is 5.73 Å². The zero-order valence-corrected chi connectivity index (χ0v) is 10.7. The maximum atomic E-state index is 5.32. The molecule has 0 radical (unpaired) electrons. The monoisotopic (exact) mass is 248 g/mol. The molecule has 0 heterocycles. The second kappa shape index (κ2) is 18.6. The Labute approximate surface area is 98.6 Å². The topological polar surface area (TPSA) is 38.0 Å². The number of hydrogen-bond donors (Lipinski definition) is 2. The van der Waals surface area contributed by atoms with E-state index in [-0.39, 0.29) is 24.8 Å². The lowest BCUT2D eigenvalue weighted by Gasteiger charge is -2.01. The smallest absolute Gasteiger partial charge is 0.00748 e. The number of rotatable bonds is 8. The van der Waals surface area contributed by atoms with E-state index >= 15 is 0 Å². The van der Waals surface area contributed by atoms with Gasteiger partial charge in [0.2, 0.25) is 0 Å². The Bertz CT molecular complexity index is 69.2. The molecule has 0 aliphatic heterocycles. The minimum absolute atomic E-state index is 0. The third-order valence-corrected chi connectivity index (χ3v) is 2.46. The third-order valence-electron chi connectivity index (χ3n) is 1.39. The van der Waals surface area contributed by atoms with E-state index in [4.69, 9.17) is 5.73 Å². The van der Waals surface area contributed by atoms with Gasteiger partial charge < -0.3 is 11.1 Å². The van der Waals surface area contributed by atoms with Crippen LogP contribution in [0.25, 0.3) is 0 Å². The molecule has 0 amide bonds. The molecule has 0 atom stereocenters. The van der Waals surface area contributed by atoms with Crippen LogP contribution in [0.1, 0.15) is 19.8 Å². The average molecular weight is 249 g/mol. The Morgan fingerprint density at radius 3 is 2.38 bits per heavy atom. The quantitative estimate of drug-likeness (QED) is 0.645. The van der Waals surface area contributed by atoms with Crippen molar-refractivity contribution < 1.29 is 0 Å². The molecule has 0 fully saturated rings. The highest BCUT2D eigenvalue weighted by Crippen LogP contribution is 2.02. The lowest BCUT2D eigenvalue weighted by atomic mass is 10.4. The summed E-state index contributed by atoms with van der Waals surface area (Å²) >= 11 is 2.02. The number of unbranched alkanes of at least 4 members (excludes halogenated alkanes) is 1. The lowest BCUT2D eigenvalue weighted by molar-refractivity contribution is 0.729. The Hall–Kier alpha value is 0.850. The minimum atomic E-state index is 0. The number of hydrogen-bond acceptors (Lipinski definition) is 3. The van der Waals surface area contributed by atoms with Crippen molar-refractivity contribution in [3.63, 3.8) is 0 Å². The fraction of sp³-hybridized carbons (Fsp3) is 1.00. The van der Waals surface area contributed by atoms with Crippen molar-refractivity contribution in [3.05, 3.63) is 0 Å². The van der Waals surface area contributed by atoms with Crippen LogP contribution in [-0.2, 0) is 0 Å². The molecule has 84 valence electrons. The standard InChI is InChI=1S/C8H20N2S.2ClH/c1-2-3-7-11-8-6-10-5-4-9;;/h10H,2-9H2,1H3;2*1H. The molecule has 0 rings (SSSR count). The Balaban J connectivity index is -0.000000500. The summed E-state index contributed by atoms with van der Waals surface area (Å²) in [7, 11) is 0. The summed E-state index contributed by atoms with van der Waals surface area (Å²) in [4.78, 5) is 0. The number of nitrogens with two attached hydrogens (primary N) is 1. The van der Waals surface area contributed by atoms with Gasteiger partial charge in [-0.25, -0.2) is 0 Å². The van der Waals surface area contributed by atoms with Crippen LogP contribution >= 0.6 is 36.6 Å². The predicted molar refractivity (Wildman–Crippen MR) is 68.7 cm³/mol. The van der Waals surface area contributed by atoms with Gasteiger partial charge in [0.05, 0.1) is 0 Å². The molecule has 0 saturated heterocycles. The van der Waals surface area contributed by atoms with Gasteiger partial charge in [0.15, 0.2) is 0 Å². The highest BCUT2D eigenvalue weighted by molar-refractivity contribution is 7.99. The van der Waals surface area contributed by atoms with E-state index in [0.717, 1.165) is 19.6 Å². The fourth-order valence-corrected chi connectivity index (χ4v) is 1.71. The van der Waals surface area contributed by atoms with Crippen molar-refractivity contribution in [1.29, 1.82) is 0 Å². The van der Waals surface area contributed by atoms with E-state index < -0.39 is 0 Å². The number of halogens is 2. The predicted octanol–water partition coefficient (Wildman–Crippen LogP) is 1.91. The molecule has 0 bridgehead atoms. The molecule has 3 N–H and O–H groups in total. The molecule has 2 nitrogen and oxygen atoms in total. The Kier molecular flexibility index (Phi) is 27.8. The van der Waals surface area contributed by atoms with Gasteiger partial charge in [0, 0.05) is 25.4 Å². The summed E-state index contributed by atoms with van der Waals surface area (Å²) in [6.45, 7) is 5.03. The van der Waals surface area contributed by atoms with E-state index in [9.17, 15) is 0 Å². The molecule has 5 heteroatoms. The minimum Gasteiger partial charge on any atom is -0.329 e. The van der Waals surface area contributed by atoms with Crippen LogP contribution in [0, 0.1) is 0 Å². The van der Waals surface area contributed by atoms with Gasteiger partial charge in [-0.1, -0.05) is 13.3 Å². The molecule has 0 spiro atoms. The van der Waals surface area contributed by atoms with Crippen LogP contribution in [0.4, 0.5) is 0 Å². The van der Waals surface area contributed by atoms with Crippen molar-refractivity contribution in [3.8, 4) is 0 Å². The summed E-state index contributed by atoms with van der Waals surface area (Å²) in [5, 5.41) is 3.27. The first kappa shape index (κ1) is 19.4. The van der Waals surface area contributed by atoms with Gasteiger partial charge >= 0.3 is 0 Å². The SMILES string of the molecule is CCCCSCCNCCN.Cl.Cl. The highest BCUT2D eigenvalue weighted by Gasteiger charge is 1.87. The van der Waals surface area contributed by atoms with E-state index in [2.05, 4.69) is 12.2 Å². The van der Waals surface area contributed by atoms with Gasteiger partial charge in [-0.3, -0.25) is 0 Å². The number of nitrogens with one attached hydrogen (secondary N) is 1. The third kappa shape index (κ3) is 19.3. The molecular formula is C8H22Cl2N2S. The van der Waals surface area contributed by atoms with Crippen molar-refractivity contribution in [2.75, 3.05) is 31.1 Å². The summed E-state index contributed by atoms with van der Waals surface area (Å²) in [6, 6.07) is 0. The van der Waals surface area contributed by atoms with Crippen LogP contribution in [-0.4, -0.2) is 31.1 Å². The van der Waals surface area contributed by atoms with Crippen LogP contribution < -0.4 is 11.1 Å². The van der Waals surface area contributed by atoms with E-state index in [1.165, 1.54) is 24.3 Å². The fourth-order valence-electron chi connectivity index (χ4n) is 0.720.